The van der Waals surface area contributed by atoms with Gasteiger partial charge in [-0.3, -0.25) is 4.79 Å². The zero-order valence-electron chi connectivity index (χ0n) is 9.41. The van der Waals surface area contributed by atoms with E-state index in [-0.39, 0.29) is 11.6 Å². The second kappa shape index (κ2) is 4.81. The number of amides is 1. The Balaban J connectivity index is 2.08. The normalized spacial score (nSPS) is 18.7. The summed E-state index contributed by atoms with van der Waals surface area (Å²) in [5.41, 5.74) is 5.19. The molecular formula is C12H15FN2O2. The van der Waals surface area contributed by atoms with E-state index in [4.69, 9.17) is 10.5 Å². The maximum absolute atomic E-state index is 13.4. The van der Waals surface area contributed by atoms with Crippen molar-refractivity contribution in [3.8, 4) is 0 Å². The van der Waals surface area contributed by atoms with Crippen molar-refractivity contribution in [1.29, 1.82) is 0 Å². The largest absolute Gasteiger partial charge is 0.381 e. The molecule has 0 unspecified atom stereocenters. The molecule has 92 valence electrons. The van der Waals surface area contributed by atoms with Crippen molar-refractivity contribution < 1.29 is 13.9 Å². The van der Waals surface area contributed by atoms with Gasteiger partial charge in [-0.2, -0.15) is 0 Å². The Hall–Kier alpha value is -1.46. The molecule has 3 N–H and O–H groups in total. The van der Waals surface area contributed by atoms with E-state index in [1.54, 1.807) is 12.1 Å². The highest BCUT2D eigenvalue weighted by Gasteiger charge is 2.36. The highest BCUT2D eigenvalue weighted by atomic mass is 19.1. The second-order valence-electron chi connectivity index (χ2n) is 4.20. The highest BCUT2D eigenvalue weighted by molar-refractivity contribution is 5.98. The van der Waals surface area contributed by atoms with E-state index in [9.17, 15) is 9.18 Å². The average molecular weight is 238 g/mol. The van der Waals surface area contributed by atoms with Gasteiger partial charge in [-0.1, -0.05) is 12.1 Å². The second-order valence-corrected chi connectivity index (χ2v) is 4.20. The van der Waals surface area contributed by atoms with Gasteiger partial charge in [0.1, 0.15) is 11.4 Å². The molecule has 2 rings (SSSR count). The molecule has 1 aliphatic heterocycles. The van der Waals surface area contributed by atoms with Crippen LogP contribution in [0, 0.1) is 5.82 Å². The van der Waals surface area contributed by atoms with E-state index in [0.29, 0.717) is 26.1 Å². The third-order valence-electron chi connectivity index (χ3n) is 2.96. The minimum absolute atomic E-state index is 0.161. The lowest BCUT2D eigenvalue weighted by atomic mass is 9.90. The molecule has 1 aromatic carbocycles. The maximum Gasteiger partial charge on any atom is 0.244 e. The molecular weight excluding hydrogens is 223 g/mol. The Bertz CT molecular complexity index is 417. The predicted octanol–water partition coefficient (Wildman–Crippen LogP) is 1.27. The fourth-order valence-corrected chi connectivity index (χ4v) is 1.77. The molecule has 0 saturated carbocycles. The van der Waals surface area contributed by atoms with Crippen molar-refractivity contribution >= 4 is 11.6 Å². The van der Waals surface area contributed by atoms with Crippen LogP contribution in [0.3, 0.4) is 0 Å². The molecule has 5 heteroatoms. The van der Waals surface area contributed by atoms with E-state index in [1.807, 2.05) is 0 Å². The lowest BCUT2D eigenvalue weighted by Gasteiger charge is -2.31. The first-order chi connectivity index (χ1) is 8.12. The van der Waals surface area contributed by atoms with Crippen molar-refractivity contribution in [3.05, 3.63) is 30.1 Å². The monoisotopic (exact) mass is 238 g/mol. The number of carbonyl (C=O) groups excluding carboxylic acids is 1. The lowest BCUT2D eigenvalue weighted by Crippen LogP contribution is -2.54. The van der Waals surface area contributed by atoms with Crippen LogP contribution in [0.4, 0.5) is 10.1 Å². The molecule has 0 aliphatic carbocycles. The Morgan fingerprint density at radius 3 is 2.65 bits per heavy atom. The molecule has 1 amide bonds. The van der Waals surface area contributed by atoms with Gasteiger partial charge in [0.25, 0.3) is 0 Å². The number of nitrogens with one attached hydrogen (secondary N) is 1. The molecule has 0 spiro atoms. The first-order valence-electron chi connectivity index (χ1n) is 5.54. The minimum Gasteiger partial charge on any atom is -0.381 e. The fourth-order valence-electron chi connectivity index (χ4n) is 1.77. The molecule has 1 aromatic rings. The third kappa shape index (κ3) is 2.62. The van der Waals surface area contributed by atoms with Crippen molar-refractivity contribution in [2.75, 3.05) is 18.5 Å². The summed E-state index contributed by atoms with van der Waals surface area (Å²) in [6.07, 6.45) is 0.903. The molecule has 1 fully saturated rings. The van der Waals surface area contributed by atoms with Gasteiger partial charge in [0.05, 0.1) is 5.69 Å². The van der Waals surface area contributed by atoms with Gasteiger partial charge in [0.15, 0.2) is 0 Å². The van der Waals surface area contributed by atoms with E-state index in [1.165, 1.54) is 12.1 Å². The number of ether oxygens (including phenoxy) is 1. The van der Waals surface area contributed by atoms with Gasteiger partial charge in [0.2, 0.25) is 5.91 Å². The predicted molar refractivity (Wildman–Crippen MR) is 62.0 cm³/mol. The quantitative estimate of drug-likeness (QED) is 0.815. The summed E-state index contributed by atoms with van der Waals surface area (Å²) in [7, 11) is 0. The number of halogens is 1. The molecule has 0 bridgehead atoms. The molecule has 1 aliphatic rings. The van der Waals surface area contributed by atoms with Crippen LogP contribution in [-0.2, 0) is 9.53 Å². The van der Waals surface area contributed by atoms with Crippen LogP contribution < -0.4 is 11.1 Å². The molecule has 4 nitrogen and oxygen atoms in total. The van der Waals surface area contributed by atoms with Gasteiger partial charge >= 0.3 is 0 Å². The van der Waals surface area contributed by atoms with Crippen LogP contribution in [0.15, 0.2) is 24.3 Å². The number of hydrogen-bond acceptors (Lipinski definition) is 3. The zero-order chi connectivity index (χ0) is 12.3. The third-order valence-corrected chi connectivity index (χ3v) is 2.96. The van der Waals surface area contributed by atoms with Crippen LogP contribution in [-0.4, -0.2) is 24.7 Å². The van der Waals surface area contributed by atoms with Crippen LogP contribution in [0.5, 0.6) is 0 Å². The number of anilines is 1. The van der Waals surface area contributed by atoms with E-state index in [2.05, 4.69) is 5.32 Å². The number of para-hydroxylation sites is 1. The van der Waals surface area contributed by atoms with Crippen molar-refractivity contribution in [2.45, 2.75) is 18.4 Å². The summed E-state index contributed by atoms with van der Waals surface area (Å²) in [5.74, 6) is -0.817. The van der Waals surface area contributed by atoms with Crippen LogP contribution in [0.1, 0.15) is 12.8 Å². The van der Waals surface area contributed by atoms with Crippen LogP contribution >= 0.6 is 0 Å². The Labute approximate surface area is 98.9 Å². The number of rotatable bonds is 2. The first-order valence-corrected chi connectivity index (χ1v) is 5.54. The molecule has 0 radical (unpaired) electrons. The molecule has 0 atom stereocenters. The van der Waals surface area contributed by atoms with E-state index < -0.39 is 11.4 Å². The SMILES string of the molecule is NC1(C(=O)Nc2ccccc2F)CCOCC1. The number of hydrogen-bond donors (Lipinski definition) is 2. The summed E-state index contributed by atoms with van der Waals surface area (Å²) in [5, 5.41) is 2.53. The molecule has 1 heterocycles. The topological polar surface area (TPSA) is 64.4 Å². The summed E-state index contributed by atoms with van der Waals surface area (Å²) in [6.45, 7) is 0.919. The number of benzene rings is 1. The van der Waals surface area contributed by atoms with Crippen molar-refractivity contribution in [1.82, 2.24) is 0 Å². The fraction of sp³-hybridized carbons (Fsp3) is 0.417. The number of nitrogens with two attached hydrogens (primary N) is 1. The Kier molecular flexibility index (Phi) is 3.40. The van der Waals surface area contributed by atoms with E-state index in [0.717, 1.165) is 0 Å². The van der Waals surface area contributed by atoms with Crippen LogP contribution in [0.2, 0.25) is 0 Å². The average Bonchev–Trinajstić information content (AvgIpc) is 2.33. The Morgan fingerprint density at radius 2 is 2.00 bits per heavy atom. The standard InChI is InChI=1S/C12H15FN2O2/c13-9-3-1-2-4-10(9)15-11(16)12(14)5-7-17-8-6-12/h1-4H,5-8,14H2,(H,15,16). The lowest BCUT2D eigenvalue weighted by molar-refractivity contribution is -0.124. The van der Waals surface area contributed by atoms with Gasteiger partial charge < -0.3 is 15.8 Å². The van der Waals surface area contributed by atoms with Gasteiger partial charge in [-0.05, 0) is 25.0 Å². The number of carbonyl (C=O) groups is 1. The summed E-state index contributed by atoms with van der Waals surface area (Å²) >= 11 is 0. The Morgan fingerprint density at radius 1 is 1.35 bits per heavy atom. The smallest absolute Gasteiger partial charge is 0.244 e. The minimum atomic E-state index is -0.958. The molecule has 0 aromatic heterocycles. The van der Waals surface area contributed by atoms with Gasteiger partial charge in [-0.25, -0.2) is 4.39 Å². The van der Waals surface area contributed by atoms with E-state index >= 15 is 0 Å². The van der Waals surface area contributed by atoms with Crippen molar-refractivity contribution in [2.24, 2.45) is 5.73 Å². The van der Waals surface area contributed by atoms with Crippen molar-refractivity contribution in [3.63, 3.8) is 0 Å². The summed E-state index contributed by atoms with van der Waals surface area (Å²) in [6, 6.07) is 6.03. The maximum atomic E-state index is 13.4. The van der Waals surface area contributed by atoms with Crippen LogP contribution in [0.25, 0.3) is 0 Å². The van der Waals surface area contributed by atoms with Gasteiger partial charge in [0, 0.05) is 13.2 Å². The van der Waals surface area contributed by atoms with Gasteiger partial charge in [-0.15, -0.1) is 0 Å². The molecule has 1 saturated heterocycles. The highest BCUT2D eigenvalue weighted by Crippen LogP contribution is 2.21. The first kappa shape index (κ1) is 12.0. The summed E-state index contributed by atoms with van der Waals surface area (Å²) < 4.78 is 18.5. The summed E-state index contributed by atoms with van der Waals surface area (Å²) in [4.78, 5) is 12.0. The molecule has 17 heavy (non-hydrogen) atoms. The zero-order valence-corrected chi connectivity index (χ0v) is 9.41.